The summed E-state index contributed by atoms with van der Waals surface area (Å²) in [5.41, 5.74) is 0. The third kappa shape index (κ3) is 9.04. The highest BCUT2D eigenvalue weighted by Gasteiger charge is 2.35. The Kier molecular flexibility index (Phi) is 12.0. The number of carbonyl (C=O) groups is 2. The van der Waals surface area contributed by atoms with Gasteiger partial charge in [0.2, 0.25) is 0 Å². The van der Waals surface area contributed by atoms with Gasteiger partial charge in [0.1, 0.15) is 12.2 Å². The molecule has 0 aromatic carbocycles. The van der Waals surface area contributed by atoms with Crippen LogP contribution in [0, 0.1) is 23.7 Å². The molecule has 3 fully saturated rings. The van der Waals surface area contributed by atoms with Crippen molar-refractivity contribution in [3.05, 3.63) is 12.2 Å². The molecule has 0 heterocycles. The fraction of sp³-hybridized carbons (Fsp3) is 0.867. The van der Waals surface area contributed by atoms with Crippen LogP contribution in [-0.2, 0) is 19.1 Å². The first-order valence-electron chi connectivity index (χ1n) is 14.6. The average molecular weight is 475 g/mol. The van der Waals surface area contributed by atoms with E-state index in [1.807, 2.05) is 6.92 Å². The van der Waals surface area contributed by atoms with Crippen LogP contribution >= 0.6 is 0 Å². The topological polar surface area (TPSA) is 52.6 Å². The molecule has 3 saturated carbocycles. The van der Waals surface area contributed by atoms with Crippen molar-refractivity contribution < 1.29 is 19.1 Å². The van der Waals surface area contributed by atoms with E-state index in [-0.39, 0.29) is 30.1 Å². The molecule has 4 heteroatoms. The second-order valence-corrected chi connectivity index (χ2v) is 11.4. The summed E-state index contributed by atoms with van der Waals surface area (Å²) in [5.74, 6) is 2.30. The Bertz CT molecular complexity index is 618. The van der Waals surface area contributed by atoms with Gasteiger partial charge in [0.15, 0.2) is 0 Å². The number of hydrogen-bond acceptors (Lipinski definition) is 4. The average Bonchev–Trinajstić information content (AvgIpc) is 2.85. The van der Waals surface area contributed by atoms with Gasteiger partial charge in [0.05, 0.1) is 5.92 Å². The van der Waals surface area contributed by atoms with E-state index in [2.05, 4.69) is 6.92 Å². The van der Waals surface area contributed by atoms with Crippen molar-refractivity contribution in [2.45, 2.75) is 142 Å². The minimum Gasteiger partial charge on any atom is -0.462 e. The summed E-state index contributed by atoms with van der Waals surface area (Å²) in [4.78, 5) is 24.5. The molecule has 3 aliphatic carbocycles. The number of hydrogen-bond donors (Lipinski definition) is 0. The van der Waals surface area contributed by atoms with E-state index in [0.717, 1.165) is 82.0 Å². The maximum absolute atomic E-state index is 12.8. The third-order valence-corrected chi connectivity index (χ3v) is 8.87. The minimum atomic E-state index is -0.208. The number of ether oxygens (including phenoxy) is 2. The van der Waals surface area contributed by atoms with Crippen LogP contribution in [0.1, 0.15) is 129 Å². The normalized spacial score (nSPS) is 32.4. The molecule has 0 radical (unpaired) electrons. The SMILES string of the molecule is CC=CC(=O)OC1CCC(C2CCC(C(=O)OC3CCC(CCCCCCC)CC3)CC2)CC1. The highest BCUT2D eigenvalue weighted by atomic mass is 16.5. The fourth-order valence-corrected chi connectivity index (χ4v) is 6.68. The number of allylic oxidation sites excluding steroid dienone is 1. The van der Waals surface area contributed by atoms with Crippen LogP contribution in [0.4, 0.5) is 0 Å². The number of carbonyl (C=O) groups excluding carboxylic acids is 2. The van der Waals surface area contributed by atoms with Crippen molar-refractivity contribution in [1.82, 2.24) is 0 Å². The van der Waals surface area contributed by atoms with Gasteiger partial charge in [-0.25, -0.2) is 4.79 Å². The van der Waals surface area contributed by atoms with E-state index < -0.39 is 0 Å². The van der Waals surface area contributed by atoms with Crippen LogP contribution in [-0.4, -0.2) is 24.1 Å². The molecule has 34 heavy (non-hydrogen) atoms. The summed E-state index contributed by atoms with van der Waals surface area (Å²) in [6.07, 6.45) is 24.9. The van der Waals surface area contributed by atoms with E-state index in [1.165, 1.54) is 57.4 Å². The monoisotopic (exact) mass is 474 g/mol. The van der Waals surface area contributed by atoms with Crippen LogP contribution in [0.5, 0.6) is 0 Å². The Morgan fingerprint density at radius 1 is 0.706 bits per heavy atom. The van der Waals surface area contributed by atoms with Gasteiger partial charge in [0, 0.05) is 6.08 Å². The molecule has 194 valence electrons. The summed E-state index contributed by atoms with van der Waals surface area (Å²) < 4.78 is 11.5. The second-order valence-electron chi connectivity index (χ2n) is 11.4. The largest absolute Gasteiger partial charge is 0.462 e. The third-order valence-electron chi connectivity index (χ3n) is 8.87. The Morgan fingerprint density at radius 2 is 1.26 bits per heavy atom. The quantitative estimate of drug-likeness (QED) is 0.173. The van der Waals surface area contributed by atoms with Crippen LogP contribution in [0.25, 0.3) is 0 Å². The van der Waals surface area contributed by atoms with E-state index in [4.69, 9.17) is 9.47 Å². The Labute approximate surface area is 208 Å². The van der Waals surface area contributed by atoms with Gasteiger partial charge in [-0.3, -0.25) is 4.79 Å². The van der Waals surface area contributed by atoms with Gasteiger partial charge in [-0.1, -0.05) is 51.5 Å². The standard InChI is InChI=1S/C30H50O4/c1-3-5-6-7-8-10-23-11-19-28(20-12-23)34-30(32)26-15-13-24(14-16-26)25-17-21-27(22-18-25)33-29(31)9-4-2/h4,9,23-28H,3,5-8,10-22H2,1-2H3. The molecule has 0 aromatic rings. The zero-order valence-electron chi connectivity index (χ0n) is 22.0. The molecule has 0 N–H and O–H groups in total. The second kappa shape index (κ2) is 14.9. The van der Waals surface area contributed by atoms with Crippen LogP contribution < -0.4 is 0 Å². The zero-order valence-corrected chi connectivity index (χ0v) is 22.0. The molecular weight excluding hydrogens is 424 g/mol. The maximum Gasteiger partial charge on any atom is 0.330 e. The smallest absolute Gasteiger partial charge is 0.330 e. The molecule has 0 saturated heterocycles. The molecule has 0 bridgehead atoms. The predicted octanol–water partition coefficient (Wildman–Crippen LogP) is 7.93. The summed E-state index contributed by atoms with van der Waals surface area (Å²) in [6, 6.07) is 0. The highest BCUT2D eigenvalue weighted by molar-refractivity contribution is 5.81. The minimum absolute atomic E-state index is 0.0843. The van der Waals surface area contributed by atoms with E-state index >= 15 is 0 Å². The molecule has 0 amide bonds. The first-order chi connectivity index (χ1) is 16.6. The summed E-state index contributed by atoms with van der Waals surface area (Å²) in [7, 11) is 0. The Balaban J connectivity index is 1.27. The molecular formula is C30H50O4. The van der Waals surface area contributed by atoms with Gasteiger partial charge < -0.3 is 9.47 Å². The molecule has 0 unspecified atom stereocenters. The first kappa shape index (κ1) is 27.3. The van der Waals surface area contributed by atoms with Gasteiger partial charge in [0.25, 0.3) is 0 Å². The molecule has 0 aliphatic heterocycles. The first-order valence-corrected chi connectivity index (χ1v) is 14.6. The van der Waals surface area contributed by atoms with Crippen LogP contribution in [0.3, 0.4) is 0 Å². The van der Waals surface area contributed by atoms with Gasteiger partial charge in [-0.2, -0.15) is 0 Å². The molecule has 0 aromatic heterocycles. The van der Waals surface area contributed by atoms with Gasteiger partial charge in [-0.05, 0) is 102 Å². The van der Waals surface area contributed by atoms with Crippen LogP contribution in [0.15, 0.2) is 12.2 Å². The molecule has 0 atom stereocenters. The summed E-state index contributed by atoms with van der Waals surface area (Å²) in [5, 5.41) is 0. The molecule has 3 rings (SSSR count). The van der Waals surface area contributed by atoms with Crippen LogP contribution in [0.2, 0.25) is 0 Å². The van der Waals surface area contributed by atoms with Crippen molar-refractivity contribution in [2.75, 3.05) is 0 Å². The lowest BCUT2D eigenvalue weighted by Crippen LogP contribution is -2.33. The van der Waals surface area contributed by atoms with Crippen molar-refractivity contribution in [3.63, 3.8) is 0 Å². The van der Waals surface area contributed by atoms with E-state index in [0.29, 0.717) is 0 Å². The van der Waals surface area contributed by atoms with E-state index in [9.17, 15) is 9.59 Å². The fourth-order valence-electron chi connectivity index (χ4n) is 6.68. The summed E-state index contributed by atoms with van der Waals surface area (Å²) in [6.45, 7) is 4.11. The molecule has 3 aliphatic rings. The van der Waals surface area contributed by atoms with Gasteiger partial charge >= 0.3 is 11.9 Å². The van der Waals surface area contributed by atoms with E-state index in [1.54, 1.807) is 6.08 Å². The lowest BCUT2D eigenvalue weighted by Gasteiger charge is -2.37. The van der Waals surface area contributed by atoms with Gasteiger partial charge in [-0.15, -0.1) is 0 Å². The number of unbranched alkanes of at least 4 members (excludes halogenated alkanes) is 4. The predicted molar refractivity (Wildman–Crippen MR) is 137 cm³/mol. The number of rotatable bonds is 11. The molecule has 4 nitrogen and oxygen atoms in total. The van der Waals surface area contributed by atoms with Crippen molar-refractivity contribution in [1.29, 1.82) is 0 Å². The highest BCUT2D eigenvalue weighted by Crippen LogP contribution is 2.41. The van der Waals surface area contributed by atoms with Crippen molar-refractivity contribution >= 4 is 11.9 Å². The number of esters is 2. The Hall–Kier alpha value is -1.32. The van der Waals surface area contributed by atoms with Crippen molar-refractivity contribution in [3.8, 4) is 0 Å². The Morgan fingerprint density at radius 3 is 1.88 bits per heavy atom. The van der Waals surface area contributed by atoms with Crippen molar-refractivity contribution in [2.24, 2.45) is 23.7 Å². The zero-order chi connectivity index (χ0) is 24.2. The molecule has 0 spiro atoms. The maximum atomic E-state index is 12.8. The lowest BCUT2D eigenvalue weighted by molar-refractivity contribution is -0.157. The summed E-state index contributed by atoms with van der Waals surface area (Å²) >= 11 is 0. The lowest BCUT2D eigenvalue weighted by atomic mass is 9.70.